The van der Waals surface area contributed by atoms with Crippen molar-refractivity contribution in [1.82, 2.24) is 15.3 Å². The Morgan fingerprint density at radius 2 is 2.00 bits per heavy atom. The van der Waals surface area contributed by atoms with Crippen molar-refractivity contribution in [2.75, 3.05) is 0 Å². The van der Waals surface area contributed by atoms with Crippen molar-refractivity contribution >= 4 is 29.4 Å². The Morgan fingerprint density at radius 1 is 1.32 bits per heavy atom. The van der Waals surface area contributed by atoms with Crippen molar-refractivity contribution in [3.63, 3.8) is 0 Å². The van der Waals surface area contributed by atoms with Gasteiger partial charge in [0.15, 0.2) is 0 Å². The Bertz CT molecular complexity index is 508. The highest BCUT2D eigenvalue weighted by molar-refractivity contribution is 6.29. The van der Waals surface area contributed by atoms with Gasteiger partial charge in [-0.05, 0) is 6.42 Å². The van der Waals surface area contributed by atoms with Crippen LogP contribution in [-0.2, 0) is 9.59 Å². The van der Waals surface area contributed by atoms with E-state index in [1.54, 1.807) is 0 Å². The topological polar surface area (TPSA) is 129 Å². The minimum atomic E-state index is -1.33. The molecule has 1 aromatic heterocycles. The molecule has 19 heavy (non-hydrogen) atoms. The number of carboxylic acids is 2. The van der Waals surface area contributed by atoms with E-state index in [1.165, 1.54) is 6.20 Å². The van der Waals surface area contributed by atoms with E-state index < -0.39 is 23.9 Å². The molecule has 0 saturated heterocycles. The Hall–Kier alpha value is -2.22. The van der Waals surface area contributed by atoms with Gasteiger partial charge in [0, 0.05) is 6.42 Å². The Balaban J connectivity index is 2.71. The molecular weight excluding hydrogens is 278 g/mol. The van der Waals surface area contributed by atoms with Crippen LogP contribution >= 0.6 is 11.6 Å². The number of hydrogen-bond donors (Lipinski definition) is 3. The van der Waals surface area contributed by atoms with Crippen molar-refractivity contribution in [2.45, 2.75) is 18.9 Å². The number of carbonyl (C=O) groups excluding carboxylic acids is 1. The van der Waals surface area contributed by atoms with Crippen molar-refractivity contribution < 1.29 is 24.6 Å². The van der Waals surface area contributed by atoms with Crippen LogP contribution in [-0.4, -0.2) is 44.1 Å². The summed E-state index contributed by atoms with van der Waals surface area (Å²) >= 11 is 5.54. The van der Waals surface area contributed by atoms with Crippen LogP contribution in [0.3, 0.4) is 0 Å². The minimum absolute atomic E-state index is 0.00920. The molecule has 0 fully saturated rings. The lowest BCUT2D eigenvalue weighted by Gasteiger charge is -2.12. The van der Waals surface area contributed by atoms with Gasteiger partial charge >= 0.3 is 11.9 Å². The Kier molecular flexibility index (Phi) is 5.19. The summed E-state index contributed by atoms with van der Waals surface area (Å²) in [6.45, 7) is 0. The van der Waals surface area contributed by atoms with E-state index in [9.17, 15) is 14.4 Å². The highest BCUT2D eigenvalue weighted by atomic mass is 35.5. The zero-order valence-electron chi connectivity index (χ0n) is 9.54. The third-order valence-corrected chi connectivity index (χ3v) is 2.27. The second-order valence-corrected chi connectivity index (χ2v) is 3.91. The number of aromatic nitrogens is 2. The molecule has 3 N–H and O–H groups in total. The summed E-state index contributed by atoms with van der Waals surface area (Å²) in [5, 5.41) is 19.5. The lowest BCUT2D eigenvalue weighted by Crippen LogP contribution is -2.41. The summed E-state index contributed by atoms with van der Waals surface area (Å²) in [4.78, 5) is 40.2. The van der Waals surface area contributed by atoms with Crippen molar-refractivity contribution in [3.05, 3.63) is 23.2 Å². The molecule has 8 nitrogen and oxygen atoms in total. The van der Waals surface area contributed by atoms with Crippen LogP contribution in [0.5, 0.6) is 0 Å². The zero-order valence-corrected chi connectivity index (χ0v) is 10.3. The summed E-state index contributed by atoms with van der Waals surface area (Å²) in [5.74, 6) is -3.26. The van der Waals surface area contributed by atoms with Gasteiger partial charge in [-0.25, -0.2) is 9.78 Å². The molecule has 9 heteroatoms. The van der Waals surface area contributed by atoms with E-state index in [1.807, 2.05) is 0 Å². The summed E-state index contributed by atoms with van der Waals surface area (Å²) < 4.78 is 0. The smallest absolute Gasteiger partial charge is 0.326 e. The third kappa shape index (κ3) is 4.88. The number of nitrogens with zero attached hydrogens (tertiary/aromatic N) is 2. The first-order valence-electron chi connectivity index (χ1n) is 5.13. The SMILES string of the molecule is O=C(O)CCC(NC(=O)c1cncc(Cl)n1)C(=O)O. The lowest BCUT2D eigenvalue weighted by molar-refractivity contribution is -0.140. The Labute approximate surface area is 112 Å². The third-order valence-electron chi connectivity index (χ3n) is 2.09. The molecule has 0 aliphatic heterocycles. The number of carbonyl (C=O) groups is 3. The van der Waals surface area contributed by atoms with Crippen LogP contribution in [0.1, 0.15) is 23.3 Å². The molecule has 1 aromatic rings. The van der Waals surface area contributed by atoms with Crippen LogP contribution in [0.4, 0.5) is 0 Å². The first kappa shape index (κ1) is 14.8. The van der Waals surface area contributed by atoms with Gasteiger partial charge in [-0.3, -0.25) is 14.6 Å². The van der Waals surface area contributed by atoms with Gasteiger partial charge in [-0.1, -0.05) is 11.6 Å². The molecule has 1 heterocycles. The lowest BCUT2D eigenvalue weighted by atomic mass is 10.1. The van der Waals surface area contributed by atoms with Gasteiger partial charge in [0.2, 0.25) is 0 Å². The number of halogens is 1. The summed E-state index contributed by atoms with van der Waals surface area (Å²) in [6.07, 6.45) is 1.73. The fourth-order valence-electron chi connectivity index (χ4n) is 1.21. The molecular formula is C10H10ClN3O5. The van der Waals surface area contributed by atoms with Crippen LogP contribution in [0.15, 0.2) is 12.4 Å². The average Bonchev–Trinajstić information content (AvgIpc) is 2.33. The van der Waals surface area contributed by atoms with E-state index in [0.717, 1.165) is 6.20 Å². The molecule has 0 saturated carbocycles. The first-order chi connectivity index (χ1) is 8.90. The number of hydrogen-bond acceptors (Lipinski definition) is 5. The maximum atomic E-state index is 11.7. The normalized spacial score (nSPS) is 11.6. The molecule has 1 rings (SSSR count). The summed E-state index contributed by atoms with van der Waals surface area (Å²) in [6, 6.07) is -1.32. The van der Waals surface area contributed by atoms with Crippen molar-refractivity contribution in [2.24, 2.45) is 0 Å². The number of rotatable bonds is 6. The van der Waals surface area contributed by atoms with Crippen LogP contribution in [0, 0.1) is 0 Å². The van der Waals surface area contributed by atoms with E-state index in [4.69, 9.17) is 21.8 Å². The average molecular weight is 288 g/mol. The van der Waals surface area contributed by atoms with Crippen LogP contribution in [0.25, 0.3) is 0 Å². The fourth-order valence-corrected chi connectivity index (χ4v) is 1.36. The highest BCUT2D eigenvalue weighted by Crippen LogP contribution is 2.04. The molecule has 0 aliphatic rings. The second-order valence-electron chi connectivity index (χ2n) is 3.52. The number of carboxylic acid groups (broad SMARTS) is 2. The van der Waals surface area contributed by atoms with Gasteiger partial charge in [0.1, 0.15) is 16.9 Å². The molecule has 1 atom stereocenters. The van der Waals surface area contributed by atoms with E-state index in [-0.39, 0.29) is 23.7 Å². The zero-order chi connectivity index (χ0) is 14.4. The standard InChI is InChI=1S/C10H10ClN3O5/c11-7-4-12-3-6(13-7)9(17)14-5(10(18)19)1-2-8(15)16/h3-5H,1-2H2,(H,14,17)(H,15,16)(H,18,19). The largest absolute Gasteiger partial charge is 0.481 e. The maximum absolute atomic E-state index is 11.7. The van der Waals surface area contributed by atoms with Gasteiger partial charge < -0.3 is 15.5 Å². The molecule has 0 aliphatic carbocycles. The predicted molar refractivity (Wildman–Crippen MR) is 62.8 cm³/mol. The van der Waals surface area contributed by atoms with Gasteiger partial charge in [0.25, 0.3) is 5.91 Å². The number of amides is 1. The molecule has 0 aromatic carbocycles. The van der Waals surface area contributed by atoms with Crippen molar-refractivity contribution in [1.29, 1.82) is 0 Å². The number of aliphatic carboxylic acids is 2. The van der Waals surface area contributed by atoms with Gasteiger partial charge in [0.05, 0.1) is 12.4 Å². The molecule has 1 unspecified atom stereocenters. The predicted octanol–water partition coefficient (Wildman–Crippen LogP) is 0.178. The van der Waals surface area contributed by atoms with Gasteiger partial charge in [-0.2, -0.15) is 0 Å². The van der Waals surface area contributed by atoms with Crippen LogP contribution < -0.4 is 5.32 Å². The van der Waals surface area contributed by atoms with E-state index in [2.05, 4.69) is 15.3 Å². The van der Waals surface area contributed by atoms with Crippen molar-refractivity contribution in [3.8, 4) is 0 Å². The summed E-state index contributed by atoms with van der Waals surface area (Å²) in [7, 11) is 0. The second kappa shape index (κ2) is 6.64. The molecule has 102 valence electrons. The fraction of sp³-hybridized carbons (Fsp3) is 0.300. The quantitative estimate of drug-likeness (QED) is 0.680. The molecule has 0 spiro atoms. The Morgan fingerprint density at radius 3 is 2.53 bits per heavy atom. The summed E-state index contributed by atoms with van der Waals surface area (Å²) in [5.41, 5.74) is -0.144. The monoisotopic (exact) mass is 287 g/mol. The van der Waals surface area contributed by atoms with E-state index >= 15 is 0 Å². The highest BCUT2D eigenvalue weighted by Gasteiger charge is 2.22. The number of nitrogens with one attached hydrogen (secondary N) is 1. The maximum Gasteiger partial charge on any atom is 0.326 e. The molecule has 0 radical (unpaired) electrons. The van der Waals surface area contributed by atoms with Gasteiger partial charge in [-0.15, -0.1) is 0 Å². The van der Waals surface area contributed by atoms with Crippen LogP contribution in [0.2, 0.25) is 5.15 Å². The first-order valence-corrected chi connectivity index (χ1v) is 5.51. The van der Waals surface area contributed by atoms with E-state index in [0.29, 0.717) is 0 Å². The molecule has 1 amide bonds. The minimum Gasteiger partial charge on any atom is -0.481 e. The molecule has 0 bridgehead atoms.